The van der Waals surface area contributed by atoms with Crippen LogP contribution < -0.4 is 10.6 Å². The van der Waals surface area contributed by atoms with Gasteiger partial charge in [0.1, 0.15) is 11.6 Å². The van der Waals surface area contributed by atoms with E-state index in [9.17, 15) is 4.79 Å². The van der Waals surface area contributed by atoms with Gasteiger partial charge in [0.15, 0.2) is 0 Å². The fourth-order valence-corrected chi connectivity index (χ4v) is 7.42. The maximum atomic E-state index is 13.3. The number of amides is 1. The van der Waals surface area contributed by atoms with Crippen molar-refractivity contribution in [3.8, 4) is 11.3 Å². The summed E-state index contributed by atoms with van der Waals surface area (Å²) >= 11 is 0. The van der Waals surface area contributed by atoms with Crippen molar-refractivity contribution in [1.29, 1.82) is 0 Å². The highest BCUT2D eigenvalue weighted by molar-refractivity contribution is 5.95. The number of aromatic nitrogens is 2. The van der Waals surface area contributed by atoms with E-state index in [0.717, 1.165) is 40.5 Å². The van der Waals surface area contributed by atoms with E-state index in [0.29, 0.717) is 16.8 Å². The topological polar surface area (TPSA) is 66.9 Å². The molecule has 0 radical (unpaired) electrons. The maximum absolute atomic E-state index is 13.3. The van der Waals surface area contributed by atoms with Gasteiger partial charge in [0.25, 0.3) is 5.91 Å². The molecular weight excluding hydrogens is 432 g/mol. The van der Waals surface area contributed by atoms with Gasteiger partial charge >= 0.3 is 0 Å². The van der Waals surface area contributed by atoms with Gasteiger partial charge in [-0.2, -0.15) is 0 Å². The van der Waals surface area contributed by atoms with Crippen LogP contribution in [0.5, 0.6) is 0 Å². The molecule has 7 rings (SSSR count). The van der Waals surface area contributed by atoms with Gasteiger partial charge < -0.3 is 10.6 Å². The molecule has 5 nitrogen and oxygen atoms in total. The molecule has 35 heavy (non-hydrogen) atoms. The summed E-state index contributed by atoms with van der Waals surface area (Å²) in [6, 6.07) is 20.0. The zero-order valence-electron chi connectivity index (χ0n) is 20.6. The SMILES string of the molecule is Cc1nc(Nc2cccc(C(=O)NC(C)C34CC5CC(CC(C5)C3)C4)c2)cc(-c2ccccc2)n1. The average molecular weight is 467 g/mol. The summed E-state index contributed by atoms with van der Waals surface area (Å²) in [5.41, 5.74) is 3.75. The van der Waals surface area contributed by atoms with Crippen molar-refractivity contribution in [2.45, 2.75) is 58.4 Å². The van der Waals surface area contributed by atoms with Crippen molar-refractivity contribution in [3.63, 3.8) is 0 Å². The van der Waals surface area contributed by atoms with Gasteiger partial charge in [0, 0.05) is 28.9 Å². The Labute approximate surface area is 207 Å². The number of benzene rings is 2. The smallest absolute Gasteiger partial charge is 0.251 e. The van der Waals surface area contributed by atoms with Crippen LogP contribution in [0, 0.1) is 30.1 Å². The van der Waals surface area contributed by atoms with E-state index in [1.807, 2.05) is 67.6 Å². The molecule has 1 atom stereocenters. The van der Waals surface area contributed by atoms with Crippen LogP contribution in [0.3, 0.4) is 0 Å². The number of rotatable bonds is 6. The number of carbonyl (C=O) groups excluding carboxylic acids is 1. The molecule has 3 aromatic rings. The third-order valence-corrected chi connectivity index (χ3v) is 8.66. The first-order valence-corrected chi connectivity index (χ1v) is 13.0. The minimum atomic E-state index is 0.0146. The van der Waals surface area contributed by atoms with Crippen molar-refractivity contribution < 1.29 is 4.79 Å². The largest absolute Gasteiger partial charge is 0.349 e. The first-order chi connectivity index (χ1) is 17.0. The molecular formula is C30H34N4O. The number of nitrogens with one attached hydrogen (secondary N) is 2. The third kappa shape index (κ3) is 4.44. The van der Waals surface area contributed by atoms with Gasteiger partial charge in [-0.1, -0.05) is 36.4 Å². The van der Waals surface area contributed by atoms with Crippen LogP contribution in [0.1, 0.15) is 61.6 Å². The van der Waals surface area contributed by atoms with E-state index in [-0.39, 0.29) is 11.9 Å². The van der Waals surface area contributed by atoms with Crippen molar-refractivity contribution >= 4 is 17.4 Å². The summed E-state index contributed by atoms with van der Waals surface area (Å²) < 4.78 is 0. The van der Waals surface area contributed by atoms with Gasteiger partial charge in [0.05, 0.1) is 5.69 Å². The Kier molecular flexibility index (Phi) is 5.58. The van der Waals surface area contributed by atoms with Gasteiger partial charge in [-0.15, -0.1) is 0 Å². The first kappa shape index (κ1) is 22.3. The van der Waals surface area contributed by atoms with E-state index >= 15 is 0 Å². The number of nitrogens with zero attached hydrogens (tertiary/aromatic N) is 2. The van der Waals surface area contributed by atoms with Crippen LogP contribution in [0.2, 0.25) is 0 Å². The second-order valence-corrected chi connectivity index (χ2v) is 11.2. The number of aryl methyl sites for hydroxylation is 1. The highest BCUT2D eigenvalue weighted by Crippen LogP contribution is 2.61. The van der Waals surface area contributed by atoms with Crippen LogP contribution in [0.15, 0.2) is 60.7 Å². The lowest BCUT2D eigenvalue weighted by molar-refractivity contribution is -0.0688. The summed E-state index contributed by atoms with van der Waals surface area (Å²) in [7, 11) is 0. The first-order valence-electron chi connectivity index (χ1n) is 13.0. The van der Waals surface area contributed by atoms with Crippen molar-refractivity contribution in [2.24, 2.45) is 23.2 Å². The normalized spacial score (nSPS) is 27.4. The summed E-state index contributed by atoms with van der Waals surface area (Å²) in [5, 5.41) is 6.77. The lowest BCUT2D eigenvalue weighted by Gasteiger charge is -2.59. The fourth-order valence-electron chi connectivity index (χ4n) is 7.42. The lowest BCUT2D eigenvalue weighted by Crippen LogP contribution is -2.55. The Morgan fingerprint density at radius 3 is 2.29 bits per heavy atom. The molecule has 4 bridgehead atoms. The van der Waals surface area contributed by atoms with Crippen LogP contribution >= 0.6 is 0 Å². The minimum absolute atomic E-state index is 0.0146. The molecule has 4 saturated carbocycles. The van der Waals surface area contributed by atoms with Crippen molar-refractivity contribution in [3.05, 3.63) is 72.1 Å². The Hall–Kier alpha value is -3.21. The third-order valence-electron chi connectivity index (χ3n) is 8.66. The Bertz CT molecular complexity index is 1200. The molecule has 5 heteroatoms. The fraction of sp³-hybridized carbons (Fsp3) is 0.433. The summed E-state index contributed by atoms with van der Waals surface area (Å²) in [6.07, 6.45) is 8.13. The molecule has 1 amide bonds. The molecule has 1 heterocycles. The number of anilines is 2. The molecule has 0 spiro atoms. The van der Waals surface area contributed by atoms with Crippen LogP contribution in [0.4, 0.5) is 11.5 Å². The molecule has 2 aromatic carbocycles. The molecule has 1 aromatic heterocycles. The molecule has 4 fully saturated rings. The van der Waals surface area contributed by atoms with E-state index in [2.05, 4.69) is 27.5 Å². The Morgan fingerprint density at radius 1 is 0.914 bits per heavy atom. The monoisotopic (exact) mass is 466 g/mol. The predicted octanol–water partition coefficient (Wildman–Crippen LogP) is 6.53. The number of hydrogen-bond acceptors (Lipinski definition) is 4. The molecule has 0 saturated heterocycles. The number of carbonyl (C=O) groups is 1. The predicted molar refractivity (Wildman–Crippen MR) is 139 cm³/mol. The summed E-state index contributed by atoms with van der Waals surface area (Å²) in [5.74, 6) is 4.07. The van der Waals surface area contributed by atoms with Crippen LogP contribution in [-0.2, 0) is 0 Å². The molecule has 4 aliphatic carbocycles. The molecule has 1 unspecified atom stereocenters. The summed E-state index contributed by atoms with van der Waals surface area (Å²) in [6.45, 7) is 4.13. The molecule has 180 valence electrons. The molecule has 0 aliphatic heterocycles. The Morgan fingerprint density at radius 2 is 1.60 bits per heavy atom. The van der Waals surface area contributed by atoms with Crippen LogP contribution in [-0.4, -0.2) is 21.9 Å². The minimum Gasteiger partial charge on any atom is -0.349 e. The van der Waals surface area contributed by atoms with Crippen molar-refractivity contribution in [1.82, 2.24) is 15.3 Å². The van der Waals surface area contributed by atoms with E-state index < -0.39 is 0 Å². The lowest BCUT2D eigenvalue weighted by atomic mass is 9.48. The van der Waals surface area contributed by atoms with Gasteiger partial charge in [0.2, 0.25) is 0 Å². The van der Waals surface area contributed by atoms with Gasteiger partial charge in [-0.05, 0) is 93.7 Å². The van der Waals surface area contributed by atoms with E-state index in [1.54, 1.807) is 0 Å². The van der Waals surface area contributed by atoms with Gasteiger partial charge in [-0.25, -0.2) is 9.97 Å². The van der Waals surface area contributed by atoms with E-state index in [1.165, 1.54) is 38.5 Å². The van der Waals surface area contributed by atoms with Crippen molar-refractivity contribution in [2.75, 3.05) is 5.32 Å². The number of hydrogen-bond donors (Lipinski definition) is 2. The molecule has 4 aliphatic rings. The van der Waals surface area contributed by atoms with E-state index in [4.69, 9.17) is 0 Å². The zero-order chi connectivity index (χ0) is 24.0. The van der Waals surface area contributed by atoms with Gasteiger partial charge in [-0.3, -0.25) is 4.79 Å². The second kappa shape index (κ2) is 8.78. The second-order valence-electron chi connectivity index (χ2n) is 11.2. The standard InChI is InChI=1S/C30H34N4O/c1-19(30-16-21-11-22(17-30)13-23(12-21)18-30)31-29(35)25-9-6-10-26(14-25)34-28-15-27(32-20(2)33-28)24-7-4-3-5-8-24/h3-10,14-15,19,21-23H,11-13,16-18H2,1-2H3,(H,31,35)(H,32,33,34). The molecule has 2 N–H and O–H groups in total. The maximum Gasteiger partial charge on any atom is 0.251 e. The average Bonchev–Trinajstić information content (AvgIpc) is 2.83. The zero-order valence-corrected chi connectivity index (χ0v) is 20.6. The highest BCUT2D eigenvalue weighted by atomic mass is 16.1. The quantitative estimate of drug-likeness (QED) is 0.433. The summed E-state index contributed by atoms with van der Waals surface area (Å²) in [4.78, 5) is 22.4. The Balaban J connectivity index is 1.17. The van der Waals surface area contributed by atoms with Crippen LogP contribution in [0.25, 0.3) is 11.3 Å². The highest BCUT2D eigenvalue weighted by Gasteiger charge is 2.53.